The number of benzene rings is 1. The van der Waals surface area contributed by atoms with Crippen LogP contribution >= 0.6 is 0 Å². The van der Waals surface area contributed by atoms with Crippen LogP contribution in [0.5, 0.6) is 0 Å². The van der Waals surface area contributed by atoms with Crippen LogP contribution in [0.4, 0.5) is 0 Å². The minimum absolute atomic E-state index is 0.0208. The van der Waals surface area contributed by atoms with E-state index < -0.39 is 22.0 Å². The van der Waals surface area contributed by atoms with Gasteiger partial charge in [0.2, 0.25) is 10.0 Å². The molecule has 116 valence electrons. The number of ether oxygens (including phenoxy) is 1. The molecule has 2 rings (SSSR count). The number of carbonyl (C=O) groups excluding carboxylic acids is 1. The fourth-order valence-electron chi connectivity index (χ4n) is 2.56. The zero-order valence-electron chi connectivity index (χ0n) is 12.2. The number of carbonyl (C=O) groups is 1. The van der Waals surface area contributed by atoms with Gasteiger partial charge in [-0.15, -0.1) is 0 Å². The Morgan fingerprint density at radius 3 is 2.71 bits per heavy atom. The van der Waals surface area contributed by atoms with Gasteiger partial charge in [0.1, 0.15) is 6.04 Å². The van der Waals surface area contributed by atoms with Crippen molar-refractivity contribution in [3.63, 3.8) is 0 Å². The molecule has 1 fully saturated rings. The molecular weight excluding hydrogens is 290 g/mol. The van der Waals surface area contributed by atoms with Gasteiger partial charge in [-0.05, 0) is 31.7 Å². The van der Waals surface area contributed by atoms with Crippen molar-refractivity contribution in [1.82, 2.24) is 4.31 Å². The van der Waals surface area contributed by atoms with Crippen molar-refractivity contribution in [3.05, 3.63) is 35.9 Å². The average Bonchev–Trinajstić information content (AvgIpc) is 2.97. The fourth-order valence-corrected chi connectivity index (χ4v) is 4.27. The molecule has 1 aliphatic heterocycles. The Balaban J connectivity index is 2.02. The normalized spacial score (nSPS) is 19.6. The summed E-state index contributed by atoms with van der Waals surface area (Å²) in [5, 5.41) is 0. The van der Waals surface area contributed by atoms with Crippen LogP contribution in [-0.2, 0) is 26.0 Å². The summed E-state index contributed by atoms with van der Waals surface area (Å²) in [5.74, 6) is -0.411. The first-order valence-electron chi connectivity index (χ1n) is 7.24. The number of sulfonamides is 1. The quantitative estimate of drug-likeness (QED) is 0.748. The Morgan fingerprint density at radius 1 is 1.33 bits per heavy atom. The van der Waals surface area contributed by atoms with E-state index in [0.717, 1.165) is 5.56 Å². The third kappa shape index (κ3) is 4.04. The number of hydrogen-bond donors (Lipinski definition) is 0. The van der Waals surface area contributed by atoms with E-state index in [4.69, 9.17) is 4.74 Å². The molecule has 1 aromatic carbocycles. The van der Waals surface area contributed by atoms with Gasteiger partial charge in [0.05, 0.1) is 12.4 Å². The van der Waals surface area contributed by atoms with Gasteiger partial charge >= 0.3 is 5.97 Å². The molecule has 5 nitrogen and oxygen atoms in total. The predicted molar refractivity (Wildman–Crippen MR) is 80.3 cm³/mol. The zero-order chi connectivity index (χ0) is 15.3. The number of nitrogens with zero attached hydrogens (tertiary/aromatic N) is 1. The number of hydrogen-bond acceptors (Lipinski definition) is 4. The second kappa shape index (κ2) is 7.04. The summed E-state index contributed by atoms with van der Waals surface area (Å²) in [7, 11) is -3.44. The molecule has 1 aromatic rings. The largest absolute Gasteiger partial charge is 0.465 e. The van der Waals surface area contributed by atoms with E-state index in [1.54, 1.807) is 6.92 Å². The van der Waals surface area contributed by atoms with E-state index >= 15 is 0 Å². The second-order valence-corrected chi connectivity index (χ2v) is 7.11. The molecular formula is C15H21NO4S. The predicted octanol–water partition coefficient (Wildman–Crippen LogP) is 1.59. The molecule has 1 heterocycles. The lowest BCUT2D eigenvalue weighted by atomic mass is 10.2. The lowest BCUT2D eigenvalue weighted by Gasteiger charge is -2.22. The molecule has 1 unspecified atom stereocenters. The SMILES string of the molecule is CCOC(=O)C1CCCN1S(=O)(=O)CCc1ccccc1. The molecule has 0 bridgehead atoms. The molecule has 1 aliphatic rings. The van der Waals surface area contributed by atoms with Gasteiger partial charge in [-0.2, -0.15) is 4.31 Å². The topological polar surface area (TPSA) is 63.7 Å². The average molecular weight is 311 g/mol. The maximum Gasteiger partial charge on any atom is 0.324 e. The van der Waals surface area contributed by atoms with Gasteiger partial charge in [0.15, 0.2) is 0 Å². The Bertz CT molecular complexity index is 571. The van der Waals surface area contributed by atoms with Crippen LogP contribution in [0.25, 0.3) is 0 Å². The standard InChI is InChI=1S/C15H21NO4S/c1-2-20-15(17)14-9-6-11-16(14)21(18,19)12-10-13-7-4-3-5-8-13/h3-5,7-8,14H,2,6,9-12H2,1H3. The highest BCUT2D eigenvalue weighted by Crippen LogP contribution is 2.23. The second-order valence-electron chi connectivity index (χ2n) is 5.07. The molecule has 0 aliphatic carbocycles. The third-order valence-corrected chi connectivity index (χ3v) is 5.48. The monoisotopic (exact) mass is 311 g/mol. The first kappa shape index (κ1) is 16.0. The molecule has 1 saturated heterocycles. The van der Waals surface area contributed by atoms with E-state index in [1.807, 2.05) is 30.3 Å². The van der Waals surface area contributed by atoms with E-state index in [9.17, 15) is 13.2 Å². The van der Waals surface area contributed by atoms with Crippen molar-refractivity contribution in [1.29, 1.82) is 0 Å². The van der Waals surface area contributed by atoms with Gasteiger partial charge < -0.3 is 4.74 Å². The van der Waals surface area contributed by atoms with Gasteiger partial charge in [-0.25, -0.2) is 8.42 Å². The molecule has 0 amide bonds. The first-order valence-corrected chi connectivity index (χ1v) is 8.85. The summed E-state index contributed by atoms with van der Waals surface area (Å²) < 4.78 is 31.2. The summed E-state index contributed by atoms with van der Waals surface area (Å²) in [4.78, 5) is 11.8. The van der Waals surface area contributed by atoms with Gasteiger partial charge in [-0.3, -0.25) is 4.79 Å². The van der Waals surface area contributed by atoms with Gasteiger partial charge in [0.25, 0.3) is 0 Å². The van der Waals surface area contributed by atoms with Crippen LogP contribution in [0.2, 0.25) is 0 Å². The molecule has 0 radical (unpaired) electrons. The van der Waals surface area contributed by atoms with E-state index in [-0.39, 0.29) is 12.4 Å². The first-order chi connectivity index (χ1) is 10.0. The lowest BCUT2D eigenvalue weighted by Crippen LogP contribution is -2.42. The van der Waals surface area contributed by atoms with Crippen LogP contribution in [0.15, 0.2) is 30.3 Å². The molecule has 0 N–H and O–H groups in total. The lowest BCUT2D eigenvalue weighted by molar-refractivity contribution is -0.146. The number of esters is 1. The molecule has 1 atom stereocenters. The fraction of sp³-hybridized carbons (Fsp3) is 0.533. The number of aryl methyl sites for hydroxylation is 1. The van der Waals surface area contributed by atoms with Gasteiger partial charge in [0, 0.05) is 6.54 Å². The van der Waals surface area contributed by atoms with Crippen molar-refractivity contribution in [2.75, 3.05) is 18.9 Å². The smallest absolute Gasteiger partial charge is 0.324 e. The maximum absolute atomic E-state index is 12.4. The van der Waals surface area contributed by atoms with Crippen molar-refractivity contribution in [2.45, 2.75) is 32.2 Å². The molecule has 0 spiro atoms. The molecule has 0 aromatic heterocycles. The highest BCUT2D eigenvalue weighted by Gasteiger charge is 2.39. The summed E-state index contributed by atoms with van der Waals surface area (Å²) in [5.41, 5.74) is 0.980. The van der Waals surface area contributed by atoms with E-state index in [0.29, 0.717) is 25.8 Å². The maximum atomic E-state index is 12.4. The summed E-state index contributed by atoms with van der Waals surface area (Å²) in [6.07, 6.45) is 1.70. The van der Waals surface area contributed by atoms with Crippen molar-refractivity contribution < 1.29 is 17.9 Å². The van der Waals surface area contributed by atoms with Crippen LogP contribution in [0.3, 0.4) is 0 Å². The van der Waals surface area contributed by atoms with Crippen LogP contribution in [-0.4, -0.2) is 43.6 Å². The summed E-state index contributed by atoms with van der Waals surface area (Å²) in [6.45, 7) is 2.40. The molecule has 6 heteroatoms. The van der Waals surface area contributed by atoms with Crippen molar-refractivity contribution >= 4 is 16.0 Å². The minimum atomic E-state index is -3.44. The van der Waals surface area contributed by atoms with Crippen LogP contribution in [0.1, 0.15) is 25.3 Å². The summed E-state index contributed by atoms with van der Waals surface area (Å²) >= 11 is 0. The van der Waals surface area contributed by atoms with Crippen LogP contribution < -0.4 is 0 Å². The third-order valence-electron chi connectivity index (χ3n) is 3.61. The van der Waals surface area contributed by atoms with E-state index in [1.165, 1.54) is 4.31 Å². The highest BCUT2D eigenvalue weighted by molar-refractivity contribution is 7.89. The Kier molecular flexibility index (Phi) is 5.36. The Morgan fingerprint density at radius 2 is 2.05 bits per heavy atom. The van der Waals surface area contributed by atoms with E-state index in [2.05, 4.69) is 0 Å². The van der Waals surface area contributed by atoms with Crippen molar-refractivity contribution in [3.8, 4) is 0 Å². The Labute approximate surface area is 126 Å². The minimum Gasteiger partial charge on any atom is -0.465 e. The molecule has 21 heavy (non-hydrogen) atoms. The highest BCUT2D eigenvalue weighted by atomic mass is 32.2. The Hall–Kier alpha value is -1.40. The number of rotatable bonds is 6. The van der Waals surface area contributed by atoms with Crippen molar-refractivity contribution in [2.24, 2.45) is 0 Å². The molecule has 0 saturated carbocycles. The van der Waals surface area contributed by atoms with Gasteiger partial charge in [-0.1, -0.05) is 30.3 Å². The van der Waals surface area contributed by atoms with Crippen LogP contribution in [0, 0.1) is 0 Å². The summed E-state index contributed by atoms with van der Waals surface area (Å²) in [6, 6.07) is 8.84. The zero-order valence-corrected chi connectivity index (χ0v) is 13.0.